The molecular formula is C9H13ClN4O2. The van der Waals surface area contributed by atoms with E-state index >= 15 is 0 Å². The summed E-state index contributed by atoms with van der Waals surface area (Å²) in [5, 5.41) is 12.6. The molecule has 1 aromatic heterocycles. The van der Waals surface area contributed by atoms with Gasteiger partial charge in [-0.05, 0) is 0 Å². The van der Waals surface area contributed by atoms with E-state index in [0.29, 0.717) is 25.6 Å². The SMILES string of the molecule is Nc1nc(Cl)cc(NCC2(CO)COC2)n1. The zero-order chi connectivity index (χ0) is 11.6. The van der Waals surface area contributed by atoms with Crippen molar-refractivity contribution in [1.82, 2.24) is 9.97 Å². The molecule has 0 radical (unpaired) electrons. The van der Waals surface area contributed by atoms with Crippen molar-refractivity contribution >= 4 is 23.4 Å². The van der Waals surface area contributed by atoms with Gasteiger partial charge < -0.3 is 20.9 Å². The van der Waals surface area contributed by atoms with Gasteiger partial charge in [-0.1, -0.05) is 11.6 Å². The number of nitrogen functional groups attached to an aromatic ring is 1. The van der Waals surface area contributed by atoms with E-state index in [1.165, 1.54) is 0 Å². The molecule has 0 amide bonds. The van der Waals surface area contributed by atoms with Crippen molar-refractivity contribution < 1.29 is 9.84 Å². The molecular weight excluding hydrogens is 232 g/mol. The lowest BCUT2D eigenvalue weighted by Crippen LogP contribution is -2.50. The Morgan fingerprint density at radius 2 is 2.31 bits per heavy atom. The van der Waals surface area contributed by atoms with Gasteiger partial charge in [0.1, 0.15) is 11.0 Å². The molecule has 6 nitrogen and oxygen atoms in total. The fourth-order valence-electron chi connectivity index (χ4n) is 1.44. The predicted molar refractivity (Wildman–Crippen MR) is 60.3 cm³/mol. The topological polar surface area (TPSA) is 93.3 Å². The number of aliphatic hydroxyl groups is 1. The first-order valence-electron chi connectivity index (χ1n) is 4.86. The van der Waals surface area contributed by atoms with Gasteiger partial charge >= 0.3 is 0 Å². The number of nitrogens with one attached hydrogen (secondary N) is 1. The smallest absolute Gasteiger partial charge is 0.223 e. The van der Waals surface area contributed by atoms with Crippen LogP contribution in [0.5, 0.6) is 0 Å². The number of aliphatic hydroxyl groups excluding tert-OH is 1. The van der Waals surface area contributed by atoms with Gasteiger partial charge in [-0.15, -0.1) is 0 Å². The van der Waals surface area contributed by atoms with Crippen molar-refractivity contribution in [1.29, 1.82) is 0 Å². The molecule has 7 heteroatoms. The summed E-state index contributed by atoms with van der Waals surface area (Å²) in [6.45, 7) is 1.74. The third-order valence-corrected chi connectivity index (χ3v) is 2.70. The molecule has 1 aliphatic rings. The van der Waals surface area contributed by atoms with Crippen molar-refractivity contribution in [3.8, 4) is 0 Å². The molecule has 1 aliphatic heterocycles. The number of nitrogens with zero attached hydrogens (tertiary/aromatic N) is 2. The zero-order valence-electron chi connectivity index (χ0n) is 8.61. The van der Waals surface area contributed by atoms with Crippen LogP contribution in [-0.2, 0) is 4.74 Å². The van der Waals surface area contributed by atoms with E-state index in [-0.39, 0.29) is 23.1 Å². The van der Waals surface area contributed by atoms with Crippen LogP contribution in [0.1, 0.15) is 0 Å². The Bertz CT molecular complexity index is 358. The highest BCUT2D eigenvalue weighted by Gasteiger charge is 2.37. The highest BCUT2D eigenvalue weighted by Crippen LogP contribution is 2.27. The number of rotatable bonds is 4. The molecule has 16 heavy (non-hydrogen) atoms. The maximum absolute atomic E-state index is 9.22. The standard InChI is InChI=1S/C9H13ClN4O2/c10-6-1-7(14-8(11)13-6)12-2-9(3-15)4-16-5-9/h1,15H,2-5H2,(H3,11,12,13,14). The van der Waals surface area contributed by atoms with E-state index in [0.717, 1.165) is 0 Å². The maximum atomic E-state index is 9.22. The van der Waals surface area contributed by atoms with Crippen LogP contribution in [0.3, 0.4) is 0 Å². The molecule has 88 valence electrons. The predicted octanol–water partition coefficient (Wildman–Crippen LogP) is 0.133. The van der Waals surface area contributed by atoms with Crippen molar-refractivity contribution in [3.05, 3.63) is 11.2 Å². The summed E-state index contributed by atoms with van der Waals surface area (Å²) in [6.07, 6.45) is 0. The Morgan fingerprint density at radius 1 is 1.56 bits per heavy atom. The van der Waals surface area contributed by atoms with Crippen LogP contribution in [0.4, 0.5) is 11.8 Å². The minimum absolute atomic E-state index is 0.0777. The number of nitrogens with two attached hydrogens (primary N) is 1. The molecule has 0 atom stereocenters. The van der Waals surface area contributed by atoms with E-state index in [9.17, 15) is 5.11 Å². The highest BCUT2D eigenvalue weighted by molar-refractivity contribution is 6.29. The van der Waals surface area contributed by atoms with Gasteiger partial charge in [-0.2, -0.15) is 4.98 Å². The van der Waals surface area contributed by atoms with Gasteiger partial charge in [0, 0.05) is 12.6 Å². The van der Waals surface area contributed by atoms with E-state index in [1.54, 1.807) is 6.07 Å². The van der Waals surface area contributed by atoms with Crippen LogP contribution in [0.2, 0.25) is 5.15 Å². The Morgan fingerprint density at radius 3 is 2.81 bits per heavy atom. The van der Waals surface area contributed by atoms with Crippen molar-refractivity contribution in [2.75, 3.05) is 37.4 Å². The maximum Gasteiger partial charge on any atom is 0.223 e. The Hall–Kier alpha value is -1.11. The Labute approximate surface area is 97.8 Å². The highest BCUT2D eigenvalue weighted by atomic mass is 35.5. The number of hydrogen-bond acceptors (Lipinski definition) is 6. The molecule has 1 aromatic rings. The van der Waals surface area contributed by atoms with E-state index in [1.807, 2.05) is 0 Å². The minimum atomic E-state index is -0.216. The quantitative estimate of drug-likeness (QED) is 0.652. The summed E-state index contributed by atoms with van der Waals surface area (Å²) in [5.74, 6) is 0.676. The summed E-state index contributed by atoms with van der Waals surface area (Å²) < 4.78 is 5.08. The number of hydrogen-bond donors (Lipinski definition) is 3. The molecule has 1 saturated heterocycles. The summed E-state index contributed by atoms with van der Waals surface area (Å²) in [6, 6.07) is 1.59. The van der Waals surface area contributed by atoms with E-state index < -0.39 is 0 Å². The minimum Gasteiger partial charge on any atom is -0.396 e. The third kappa shape index (κ3) is 2.34. The molecule has 0 aliphatic carbocycles. The summed E-state index contributed by atoms with van der Waals surface area (Å²) in [5.41, 5.74) is 5.24. The Balaban J connectivity index is 1.98. The van der Waals surface area contributed by atoms with Crippen LogP contribution in [-0.4, -0.2) is 41.4 Å². The second-order valence-corrected chi connectivity index (χ2v) is 4.33. The van der Waals surface area contributed by atoms with Crippen LogP contribution < -0.4 is 11.1 Å². The normalized spacial score (nSPS) is 17.9. The third-order valence-electron chi connectivity index (χ3n) is 2.51. The van der Waals surface area contributed by atoms with Crippen molar-refractivity contribution in [2.24, 2.45) is 5.41 Å². The number of ether oxygens (including phenoxy) is 1. The van der Waals surface area contributed by atoms with Gasteiger partial charge in [-0.3, -0.25) is 0 Å². The monoisotopic (exact) mass is 244 g/mol. The van der Waals surface area contributed by atoms with E-state index in [2.05, 4.69) is 15.3 Å². The molecule has 0 saturated carbocycles. The molecule has 0 unspecified atom stereocenters. The zero-order valence-corrected chi connectivity index (χ0v) is 9.37. The molecule has 4 N–H and O–H groups in total. The van der Waals surface area contributed by atoms with Gasteiger partial charge in [0.2, 0.25) is 5.95 Å². The molecule has 1 fully saturated rings. The first-order valence-corrected chi connectivity index (χ1v) is 5.24. The van der Waals surface area contributed by atoms with Crippen molar-refractivity contribution in [3.63, 3.8) is 0 Å². The Kier molecular flexibility index (Phi) is 3.13. The van der Waals surface area contributed by atoms with Gasteiger partial charge in [0.05, 0.1) is 25.2 Å². The van der Waals surface area contributed by atoms with Crippen molar-refractivity contribution in [2.45, 2.75) is 0 Å². The first-order chi connectivity index (χ1) is 7.63. The average Bonchev–Trinajstić information content (AvgIpc) is 2.15. The molecule has 0 bridgehead atoms. The lowest BCUT2D eigenvalue weighted by molar-refractivity contribution is -0.128. The fraction of sp³-hybridized carbons (Fsp3) is 0.556. The second kappa shape index (κ2) is 4.40. The molecule has 2 rings (SSSR count). The lowest BCUT2D eigenvalue weighted by atomic mass is 9.87. The van der Waals surface area contributed by atoms with Gasteiger partial charge in [0.25, 0.3) is 0 Å². The van der Waals surface area contributed by atoms with Crippen LogP contribution in [0, 0.1) is 5.41 Å². The summed E-state index contributed by atoms with van der Waals surface area (Å²) in [7, 11) is 0. The largest absolute Gasteiger partial charge is 0.396 e. The fourth-order valence-corrected chi connectivity index (χ4v) is 1.63. The number of aromatic nitrogens is 2. The molecule has 0 aromatic carbocycles. The average molecular weight is 245 g/mol. The van der Waals surface area contributed by atoms with Crippen LogP contribution in [0.25, 0.3) is 0 Å². The first kappa shape index (κ1) is 11.4. The lowest BCUT2D eigenvalue weighted by Gasteiger charge is -2.39. The van der Waals surface area contributed by atoms with Gasteiger partial charge in [0.15, 0.2) is 0 Å². The van der Waals surface area contributed by atoms with Gasteiger partial charge in [-0.25, -0.2) is 4.98 Å². The summed E-state index contributed by atoms with van der Waals surface area (Å²) >= 11 is 5.74. The number of anilines is 2. The van der Waals surface area contributed by atoms with Crippen LogP contribution in [0.15, 0.2) is 6.07 Å². The van der Waals surface area contributed by atoms with E-state index in [4.69, 9.17) is 22.1 Å². The second-order valence-electron chi connectivity index (χ2n) is 3.94. The molecule has 0 spiro atoms. The summed E-state index contributed by atoms with van der Waals surface area (Å²) in [4.78, 5) is 7.73. The molecule has 2 heterocycles. The van der Waals surface area contributed by atoms with Crippen LogP contribution >= 0.6 is 11.6 Å². The number of halogens is 1.